The second-order valence-electron chi connectivity index (χ2n) is 5.23. The summed E-state index contributed by atoms with van der Waals surface area (Å²) in [5, 5.41) is 14.6. The standard InChI is InChI=1S/C17H16BrN3O4/c1-11-9-14(18)5-8-16(11)25-10-17(22)20-19-12(2)13-3-6-15(7-4-13)21(23)24/h3-9H,10H2,1-2H3,(H,20,22). The fraction of sp³-hybridized carbons (Fsp3) is 0.176. The van der Waals surface area contributed by atoms with Crippen LogP contribution in [0, 0.1) is 17.0 Å². The van der Waals surface area contributed by atoms with Crippen LogP contribution in [0.3, 0.4) is 0 Å². The van der Waals surface area contributed by atoms with Crippen LogP contribution in [0.5, 0.6) is 5.75 Å². The van der Waals surface area contributed by atoms with E-state index in [2.05, 4.69) is 26.5 Å². The van der Waals surface area contributed by atoms with Crippen LogP contribution in [0.2, 0.25) is 0 Å². The fourth-order valence-corrected chi connectivity index (χ4v) is 2.46. The van der Waals surface area contributed by atoms with E-state index in [0.717, 1.165) is 10.0 Å². The third kappa shape index (κ3) is 5.39. The van der Waals surface area contributed by atoms with Crippen molar-refractivity contribution in [1.82, 2.24) is 5.43 Å². The first kappa shape index (κ1) is 18.6. The van der Waals surface area contributed by atoms with Gasteiger partial charge in [-0.25, -0.2) is 5.43 Å². The predicted octanol–water partition coefficient (Wildman–Crippen LogP) is 3.58. The van der Waals surface area contributed by atoms with Crippen LogP contribution in [0.25, 0.3) is 0 Å². The number of hydrogen-bond donors (Lipinski definition) is 1. The number of rotatable bonds is 6. The molecule has 0 aliphatic rings. The molecule has 7 nitrogen and oxygen atoms in total. The van der Waals surface area contributed by atoms with Gasteiger partial charge in [0.05, 0.1) is 10.6 Å². The summed E-state index contributed by atoms with van der Waals surface area (Å²) in [6, 6.07) is 11.4. The SMILES string of the molecule is CC(=NNC(=O)COc1ccc(Br)cc1C)c1ccc([N+](=O)[O-])cc1. The summed E-state index contributed by atoms with van der Waals surface area (Å²) < 4.78 is 6.39. The molecule has 130 valence electrons. The summed E-state index contributed by atoms with van der Waals surface area (Å²) in [5.74, 6) is 0.220. The summed E-state index contributed by atoms with van der Waals surface area (Å²) >= 11 is 3.36. The molecule has 0 spiro atoms. The van der Waals surface area contributed by atoms with Gasteiger partial charge in [0.25, 0.3) is 11.6 Å². The summed E-state index contributed by atoms with van der Waals surface area (Å²) in [7, 11) is 0. The van der Waals surface area contributed by atoms with Gasteiger partial charge in [-0.05, 0) is 55.3 Å². The van der Waals surface area contributed by atoms with Crippen LogP contribution < -0.4 is 10.2 Å². The van der Waals surface area contributed by atoms with E-state index in [1.807, 2.05) is 19.1 Å². The average Bonchev–Trinajstić information content (AvgIpc) is 2.59. The molecule has 1 N–H and O–H groups in total. The molecule has 0 saturated heterocycles. The molecule has 1 amide bonds. The Balaban J connectivity index is 1.91. The Hall–Kier alpha value is -2.74. The van der Waals surface area contributed by atoms with Gasteiger partial charge in [0.1, 0.15) is 5.75 Å². The van der Waals surface area contributed by atoms with Crippen LogP contribution >= 0.6 is 15.9 Å². The third-order valence-electron chi connectivity index (χ3n) is 3.34. The molecule has 0 heterocycles. The highest BCUT2D eigenvalue weighted by atomic mass is 79.9. The van der Waals surface area contributed by atoms with E-state index in [1.165, 1.54) is 12.1 Å². The molecule has 0 bridgehead atoms. The number of nitrogens with zero attached hydrogens (tertiary/aromatic N) is 2. The van der Waals surface area contributed by atoms with Gasteiger partial charge in [0.2, 0.25) is 0 Å². The molecule has 25 heavy (non-hydrogen) atoms. The van der Waals surface area contributed by atoms with E-state index in [4.69, 9.17) is 4.74 Å². The summed E-state index contributed by atoms with van der Waals surface area (Å²) in [6.07, 6.45) is 0. The Kier molecular flexibility index (Phi) is 6.24. The number of benzene rings is 2. The molecular weight excluding hydrogens is 390 g/mol. The van der Waals surface area contributed by atoms with Crippen LogP contribution in [-0.2, 0) is 4.79 Å². The highest BCUT2D eigenvalue weighted by Gasteiger charge is 2.07. The lowest BCUT2D eigenvalue weighted by atomic mass is 10.1. The second kappa shape index (κ2) is 8.39. The van der Waals surface area contributed by atoms with Crippen molar-refractivity contribution in [1.29, 1.82) is 0 Å². The number of nitrogens with one attached hydrogen (secondary N) is 1. The van der Waals surface area contributed by atoms with E-state index in [-0.39, 0.29) is 12.3 Å². The van der Waals surface area contributed by atoms with Crippen molar-refractivity contribution >= 4 is 33.2 Å². The number of non-ortho nitro benzene ring substituents is 1. The van der Waals surface area contributed by atoms with Crippen LogP contribution in [0.1, 0.15) is 18.1 Å². The maximum atomic E-state index is 11.8. The van der Waals surface area contributed by atoms with Gasteiger partial charge in [-0.15, -0.1) is 0 Å². The Morgan fingerprint density at radius 1 is 1.28 bits per heavy atom. The Morgan fingerprint density at radius 2 is 1.96 bits per heavy atom. The smallest absolute Gasteiger partial charge is 0.277 e. The van der Waals surface area contributed by atoms with Gasteiger partial charge in [0.15, 0.2) is 6.61 Å². The lowest BCUT2D eigenvalue weighted by Gasteiger charge is -2.08. The lowest BCUT2D eigenvalue weighted by Crippen LogP contribution is -2.25. The number of carbonyl (C=O) groups is 1. The molecule has 0 unspecified atom stereocenters. The van der Waals surface area contributed by atoms with Gasteiger partial charge in [-0.1, -0.05) is 15.9 Å². The quantitative estimate of drug-likeness (QED) is 0.451. The van der Waals surface area contributed by atoms with Crippen LogP contribution in [0.4, 0.5) is 5.69 Å². The number of nitro benzene ring substituents is 1. The Morgan fingerprint density at radius 3 is 2.56 bits per heavy atom. The van der Waals surface area contributed by atoms with E-state index in [9.17, 15) is 14.9 Å². The first-order chi connectivity index (χ1) is 11.9. The Bertz CT molecular complexity index is 819. The molecule has 0 aromatic heterocycles. The molecule has 2 rings (SSSR count). The number of aryl methyl sites for hydroxylation is 1. The number of hydrazone groups is 1. The first-order valence-corrected chi connectivity index (χ1v) is 8.13. The highest BCUT2D eigenvalue weighted by Crippen LogP contribution is 2.21. The molecule has 0 atom stereocenters. The summed E-state index contributed by atoms with van der Waals surface area (Å²) in [6.45, 7) is 3.41. The van der Waals surface area contributed by atoms with Crippen molar-refractivity contribution in [2.24, 2.45) is 5.10 Å². The van der Waals surface area contributed by atoms with Crippen molar-refractivity contribution in [3.63, 3.8) is 0 Å². The largest absolute Gasteiger partial charge is 0.483 e. The van der Waals surface area contributed by atoms with Crippen LogP contribution in [0.15, 0.2) is 52.0 Å². The summed E-state index contributed by atoms with van der Waals surface area (Å²) in [5.41, 5.74) is 4.52. The van der Waals surface area contributed by atoms with Gasteiger partial charge in [-0.3, -0.25) is 14.9 Å². The number of amides is 1. The average molecular weight is 406 g/mol. The normalized spacial score (nSPS) is 11.1. The summed E-state index contributed by atoms with van der Waals surface area (Å²) in [4.78, 5) is 22.0. The van der Waals surface area contributed by atoms with E-state index >= 15 is 0 Å². The van der Waals surface area contributed by atoms with E-state index < -0.39 is 10.8 Å². The molecule has 2 aromatic rings. The zero-order valence-electron chi connectivity index (χ0n) is 13.7. The zero-order valence-corrected chi connectivity index (χ0v) is 15.2. The molecule has 0 radical (unpaired) electrons. The molecule has 8 heteroatoms. The van der Waals surface area contributed by atoms with Gasteiger partial charge in [0, 0.05) is 16.6 Å². The van der Waals surface area contributed by atoms with E-state index in [1.54, 1.807) is 25.1 Å². The zero-order chi connectivity index (χ0) is 18.4. The van der Waals surface area contributed by atoms with Crippen molar-refractivity contribution in [2.45, 2.75) is 13.8 Å². The first-order valence-electron chi connectivity index (χ1n) is 7.33. The number of nitro groups is 1. The number of hydrogen-bond acceptors (Lipinski definition) is 5. The minimum atomic E-state index is -0.473. The predicted molar refractivity (Wildman–Crippen MR) is 97.8 cm³/mol. The molecular formula is C17H16BrN3O4. The van der Waals surface area contributed by atoms with Crippen LogP contribution in [-0.4, -0.2) is 23.1 Å². The van der Waals surface area contributed by atoms with Crippen molar-refractivity contribution in [3.05, 3.63) is 68.2 Å². The molecule has 0 saturated carbocycles. The molecule has 0 aliphatic heterocycles. The topological polar surface area (TPSA) is 93.8 Å². The second-order valence-corrected chi connectivity index (χ2v) is 6.15. The van der Waals surface area contributed by atoms with Gasteiger partial charge in [-0.2, -0.15) is 5.10 Å². The molecule has 2 aromatic carbocycles. The monoisotopic (exact) mass is 405 g/mol. The number of ether oxygens (including phenoxy) is 1. The minimum Gasteiger partial charge on any atom is -0.483 e. The Labute approximate surface area is 153 Å². The number of halogens is 1. The maximum Gasteiger partial charge on any atom is 0.277 e. The van der Waals surface area contributed by atoms with Gasteiger partial charge < -0.3 is 4.74 Å². The maximum absolute atomic E-state index is 11.8. The highest BCUT2D eigenvalue weighted by molar-refractivity contribution is 9.10. The van der Waals surface area contributed by atoms with Crippen molar-refractivity contribution in [3.8, 4) is 5.75 Å². The fourth-order valence-electron chi connectivity index (χ4n) is 1.99. The molecule has 0 aliphatic carbocycles. The van der Waals surface area contributed by atoms with Gasteiger partial charge >= 0.3 is 0 Å². The van der Waals surface area contributed by atoms with Crippen molar-refractivity contribution < 1.29 is 14.5 Å². The third-order valence-corrected chi connectivity index (χ3v) is 3.83. The minimum absolute atomic E-state index is 0.00106. The van der Waals surface area contributed by atoms with E-state index in [0.29, 0.717) is 17.0 Å². The molecule has 0 fully saturated rings. The number of carbonyl (C=O) groups excluding carboxylic acids is 1. The van der Waals surface area contributed by atoms with Crippen molar-refractivity contribution in [2.75, 3.05) is 6.61 Å². The lowest BCUT2D eigenvalue weighted by molar-refractivity contribution is -0.384.